The van der Waals surface area contributed by atoms with E-state index in [1.54, 1.807) is 18.6 Å². The molecule has 1 saturated heterocycles. The van der Waals surface area contributed by atoms with Crippen molar-refractivity contribution in [2.24, 2.45) is 5.92 Å². The Labute approximate surface area is 118 Å². The van der Waals surface area contributed by atoms with Crippen molar-refractivity contribution < 1.29 is 27.5 Å². The van der Waals surface area contributed by atoms with E-state index in [-0.39, 0.29) is 26.3 Å². The number of hydrogen-bond acceptors (Lipinski definition) is 6. The monoisotopic (exact) mass is 308 g/mol. The summed E-state index contributed by atoms with van der Waals surface area (Å²) in [7, 11) is -3.99. The van der Waals surface area contributed by atoms with Gasteiger partial charge < -0.3 is 9.47 Å². The predicted molar refractivity (Wildman–Crippen MR) is 70.0 cm³/mol. The SMILES string of the molecule is CCOC(=O)NS(=O)(=O)N1CCC[C@@H](C(=O)OCC)C1. The third kappa shape index (κ3) is 4.64. The lowest BCUT2D eigenvalue weighted by Gasteiger charge is -2.30. The van der Waals surface area contributed by atoms with E-state index in [4.69, 9.17) is 4.74 Å². The van der Waals surface area contributed by atoms with E-state index in [1.807, 2.05) is 0 Å². The van der Waals surface area contributed by atoms with Crippen LogP contribution in [0, 0.1) is 5.92 Å². The summed E-state index contributed by atoms with van der Waals surface area (Å²) in [5, 5.41) is 0. The van der Waals surface area contributed by atoms with Crippen LogP contribution in [0.15, 0.2) is 0 Å². The zero-order valence-corrected chi connectivity index (χ0v) is 12.4. The summed E-state index contributed by atoms with van der Waals surface area (Å²) in [6, 6.07) is 0. The van der Waals surface area contributed by atoms with E-state index in [2.05, 4.69) is 4.74 Å². The Balaban J connectivity index is 2.65. The zero-order valence-electron chi connectivity index (χ0n) is 11.6. The van der Waals surface area contributed by atoms with Crippen LogP contribution in [0.3, 0.4) is 0 Å². The Morgan fingerprint density at radius 2 is 1.90 bits per heavy atom. The van der Waals surface area contributed by atoms with Crippen LogP contribution in [-0.4, -0.2) is 51.1 Å². The van der Waals surface area contributed by atoms with Crippen molar-refractivity contribution in [3.63, 3.8) is 0 Å². The molecule has 8 nitrogen and oxygen atoms in total. The van der Waals surface area contributed by atoms with Crippen LogP contribution in [0.1, 0.15) is 26.7 Å². The topological polar surface area (TPSA) is 102 Å². The van der Waals surface area contributed by atoms with E-state index in [0.717, 1.165) is 4.31 Å². The predicted octanol–water partition coefficient (Wildman–Crippen LogP) is 0.252. The third-order valence-corrected chi connectivity index (χ3v) is 4.27. The van der Waals surface area contributed by atoms with Gasteiger partial charge in [-0.3, -0.25) is 4.79 Å². The number of carbonyl (C=O) groups is 2. The van der Waals surface area contributed by atoms with E-state index in [9.17, 15) is 18.0 Å². The number of ether oxygens (including phenoxy) is 2. The fourth-order valence-electron chi connectivity index (χ4n) is 1.94. The first-order valence-corrected chi connectivity index (χ1v) is 7.96. The molecule has 0 spiro atoms. The lowest BCUT2D eigenvalue weighted by Crippen LogP contribution is -2.49. The molecule has 20 heavy (non-hydrogen) atoms. The largest absolute Gasteiger partial charge is 0.466 e. The average Bonchev–Trinajstić information content (AvgIpc) is 2.39. The average molecular weight is 308 g/mol. The van der Waals surface area contributed by atoms with Crippen LogP contribution in [0.25, 0.3) is 0 Å². The summed E-state index contributed by atoms with van der Waals surface area (Å²) >= 11 is 0. The maximum absolute atomic E-state index is 12.0. The quantitative estimate of drug-likeness (QED) is 0.731. The van der Waals surface area contributed by atoms with Crippen molar-refractivity contribution in [2.45, 2.75) is 26.7 Å². The lowest BCUT2D eigenvalue weighted by molar-refractivity contribution is -0.149. The molecule has 1 heterocycles. The Morgan fingerprint density at radius 1 is 1.25 bits per heavy atom. The van der Waals surface area contributed by atoms with Crippen molar-refractivity contribution in [1.82, 2.24) is 9.03 Å². The van der Waals surface area contributed by atoms with E-state index in [1.165, 1.54) is 0 Å². The maximum Gasteiger partial charge on any atom is 0.421 e. The molecular weight excluding hydrogens is 288 g/mol. The summed E-state index contributed by atoms with van der Waals surface area (Å²) in [6.45, 7) is 3.86. The summed E-state index contributed by atoms with van der Waals surface area (Å²) < 4.78 is 36.2. The van der Waals surface area contributed by atoms with Crippen molar-refractivity contribution in [1.29, 1.82) is 0 Å². The number of nitrogens with zero attached hydrogens (tertiary/aromatic N) is 1. The molecule has 116 valence electrons. The molecule has 0 saturated carbocycles. The summed E-state index contributed by atoms with van der Waals surface area (Å²) in [5.41, 5.74) is 0. The molecule has 1 fully saturated rings. The van der Waals surface area contributed by atoms with Gasteiger partial charge in [-0.25, -0.2) is 9.52 Å². The van der Waals surface area contributed by atoms with Gasteiger partial charge in [-0.05, 0) is 26.7 Å². The van der Waals surface area contributed by atoms with Gasteiger partial charge >= 0.3 is 22.3 Å². The van der Waals surface area contributed by atoms with Crippen molar-refractivity contribution >= 4 is 22.3 Å². The van der Waals surface area contributed by atoms with Gasteiger partial charge in [-0.1, -0.05) is 0 Å². The van der Waals surface area contributed by atoms with Gasteiger partial charge in [-0.15, -0.1) is 0 Å². The fourth-order valence-corrected chi connectivity index (χ4v) is 3.09. The number of carbonyl (C=O) groups excluding carboxylic acids is 2. The highest BCUT2D eigenvalue weighted by molar-refractivity contribution is 7.87. The second-order valence-corrected chi connectivity index (χ2v) is 5.95. The molecule has 0 radical (unpaired) electrons. The Morgan fingerprint density at radius 3 is 2.50 bits per heavy atom. The van der Waals surface area contributed by atoms with Gasteiger partial charge in [0.15, 0.2) is 0 Å². The standard InChI is InChI=1S/C11H20N2O6S/c1-3-18-10(14)9-6-5-7-13(8-9)20(16,17)12-11(15)19-4-2/h9H,3-8H2,1-2H3,(H,12,15)/t9-/m1/s1. The first-order chi connectivity index (χ1) is 9.40. The highest BCUT2D eigenvalue weighted by atomic mass is 32.2. The Bertz CT molecular complexity index is 450. The van der Waals surface area contributed by atoms with Crippen LogP contribution in [-0.2, 0) is 24.5 Å². The molecule has 1 N–H and O–H groups in total. The Hall–Kier alpha value is -1.35. The smallest absolute Gasteiger partial charge is 0.421 e. The summed E-state index contributed by atoms with van der Waals surface area (Å²) in [4.78, 5) is 22.8. The normalized spacial score (nSPS) is 20.2. The second kappa shape index (κ2) is 7.44. The molecule has 9 heteroatoms. The van der Waals surface area contributed by atoms with Crippen LogP contribution in [0.5, 0.6) is 0 Å². The van der Waals surface area contributed by atoms with Gasteiger partial charge in [0.1, 0.15) is 0 Å². The van der Waals surface area contributed by atoms with Crippen molar-refractivity contribution in [3.8, 4) is 0 Å². The molecule has 0 aromatic carbocycles. The molecule has 1 aliphatic rings. The van der Waals surface area contributed by atoms with Gasteiger partial charge in [0, 0.05) is 13.1 Å². The number of rotatable bonds is 5. The lowest BCUT2D eigenvalue weighted by atomic mass is 10.0. The Kier molecular flexibility index (Phi) is 6.21. The van der Waals surface area contributed by atoms with Gasteiger partial charge in [-0.2, -0.15) is 12.7 Å². The first-order valence-electron chi connectivity index (χ1n) is 6.52. The molecule has 0 aromatic rings. The number of esters is 1. The van der Waals surface area contributed by atoms with Crippen molar-refractivity contribution in [2.75, 3.05) is 26.3 Å². The molecule has 1 aliphatic heterocycles. The summed E-state index contributed by atoms with van der Waals surface area (Å²) in [5.74, 6) is -0.911. The third-order valence-electron chi connectivity index (χ3n) is 2.83. The first kappa shape index (κ1) is 16.7. The minimum absolute atomic E-state index is 0.00751. The summed E-state index contributed by atoms with van der Waals surface area (Å²) in [6.07, 6.45) is 0.0862. The van der Waals surface area contributed by atoms with Crippen molar-refractivity contribution in [3.05, 3.63) is 0 Å². The molecule has 0 aliphatic carbocycles. The van der Waals surface area contributed by atoms with Crippen LogP contribution in [0.4, 0.5) is 4.79 Å². The van der Waals surface area contributed by atoms with Gasteiger partial charge in [0.2, 0.25) is 0 Å². The number of nitrogens with one attached hydrogen (secondary N) is 1. The highest BCUT2D eigenvalue weighted by Gasteiger charge is 2.34. The molecule has 0 unspecified atom stereocenters. The highest BCUT2D eigenvalue weighted by Crippen LogP contribution is 2.19. The van der Waals surface area contributed by atoms with E-state index >= 15 is 0 Å². The van der Waals surface area contributed by atoms with Crippen LogP contribution in [0.2, 0.25) is 0 Å². The van der Waals surface area contributed by atoms with Crippen LogP contribution >= 0.6 is 0 Å². The van der Waals surface area contributed by atoms with Gasteiger partial charge in [0.05, 0.1) is 19.1 Å². The number of amides is 1. The van der Waals surface area contributed by atoms with Crippen LogP contribution < -0.4 is 4.72 Å². The number of piperidine rings is 1. The molecule has 1 rings (SSSR count). The minimum Gasteiger partial charge on any atom is -0.466 e. The minimum atomic E-state index is -3.99. The molecule has 1 atom stereocenters. The molecule has 1 amide bonds. The molecule has 0 bridgehead atoms. The zero-order chi connectivity index (χ0) is 15.2. The molecule has 0 aromatic heterocycles. The van der Waals surface area contributed by atoms with E-state index in [0.29, 0.717) is 12.8 Å². The fraction of sp³-hybridized carbons (Fsp3) is 0.818. The maximum atomic E-state index is 12.0. The number of hydrogen-bond donors (Lipinski definition) is 1. The van der Waals surface area contributed by atoms with Gasteiger partial charge in [0.25, 0.3) is 0 Å². The molecular formula is C11H20N2O6S. The van der Waals surface area contributed by atoms with E-state index < -0.39 is 28.2 Å². The second-order valence-electron chi connectivity index (χ2n) is 4.28.